The van der Waals surface area contributed by atoms with Crippen LogP contribution in [-0.4, -0.2) is 44.7 Å². The highest BCUT2D eigenvalue weighted by Crippen LogP contribution is 2.41. The minimum Gasteiger partial charge on any atom is -0.466 e. The van der Waals surface area contributed by atoms with Gasteiger partial charge in [0.1, 0.15) is 6.61 Å². The first-order chi connectivity index (χ1) is 11.9. The van der Waals surface area contributed by atoms with E-state index in [1.54, 1.807) is 0 Å². The van der Waals surface area contributed by atoms with Gasteiger partial charge in [0, 0.05) is 12.2 Å². The minimum absolute atomic E-state index is 0.204. The number of rotatable bonds is 4. The number of esters is 2. The van der Waals surface area contributed by atoms with E-state index in [4.69, 9.17) is 9.47 Å². The maximum atomic E-state index is 12.4. The third-order valence-electron chi connectivity index (χ3n) is 4.43. The van der Waals surface area contributed by atoms with E-state index in [1.807, 2.05) is 45.3 Å². The lowest BCUT2D eigenvalue weighted by Gasteiger charge is -2.27. The van der Waals surface area contributed by atoms with Crippen molar-refractivity contribution in [2.75, 3.05) is 27.8 Å². The van der Waals surface area contributed by atoms with Gasteiger partial charge >= 0.3 is 11.9 Å². The van der Waals surface area contributed by atoms with E-state index in [2.05, 4.69) is 10.2 Å². The first kappa shape index (κ1) is 17.2. The van der Waals surface area contributed by atoms with Crippen LogP contribution in [0, 0.1) is 0 Å². The molecule has 0 aliphatic carbocycles. The molecular formula is C19H22N2O4. The molecule has 0 aromatic heterocycles. The number of allylic oxidation sites excluding steroid dienone is 1. The summed E-state index contributed by atoms with van der Waals surface area (Å²) in [6.45, 7) is 2.84. The van der Waals surface area contributed by atoms with Crippen LogP contribution in [0.3, 0.4) is 0 Å². The van der Waals surface area contributed by atoms with Gasteiger partial charge in [0.15, 0.2) is 0 Å². The average molecular weight is 342 g/mol. The molecule has 6 nitrogen and oxygen atoms in total. The lowest BCUT2D eigenvalue weighted by molar-refractivity contribution is -0.136. The Balaban J connectivity index is 2.05. The topological polar surface area (TPSA) is 67.9 Å². The molecule has 0 amide bonds. The van der Waals surface area contributed by atoms with Gasteiger partial charge in [-0.2, -0.15) is 0 Å². The summed E-state index contributed by atoms with van der Waals surface area (Å²) in [6.07, 6.45) is 0. The number of dihydropyridines is 1. The number of hydrogen-bond donors (Lipinski definition) is 1. The first-order valence-corrected chi connectivity index (χ1v) is 8.12. The Kier molecular flexibility index (Phi) is 4.63. The van der Waals surface area contributed by atoms with Crippen LogP contribution in [0.15, 0.2) is 46.8 Å². The number of hydrogen-bond acceptors (Lipinski definition) is 6. The Bertz CT molecular complexity index is 775. The van der Waals surface area contributed by atoms with Crippen LogP contribution in [0.25, 0.3) is 0 Å². The maximum Gasteiger partial charge on any atom is 0.337 e. The van der Waals surface area contributed by atoms with Gasteiger partial charge in [-0.3, -0.25) is 0 Å². The van der Waals surface area contributed by atoms with Crippen molar-refractivity contribution in [3.05, 3.63) is 57.9 Å². The molecule has 0 radical (unpaired) electrons. The number of carbonyl (C=O) groups excluding carboxylic acids is 2. The Labute approximate surface area is 147 Å². The molecule has 1 aromatic carbocycles. The van der Waals surface area contributed by atoms with Crippen molar-refractivity contribution in [2.45, 2.75) is 19.4 Å². The number of ether oxygens (including phenoxy) is 2. The SMILES string of the molecule is COC(=O)C1=C(C)NC2=C(C(=O)OC2)C1c1ccc(CN(C)C)cc1. The van der Waals surface area contributed by atoms with E-state index in [0.29, 0.717) is 16.8 Å². The monoisotopic (exact) mass is 342 g/mol. The number of methoxy groups -OCH3 is 1. The van der Waals surface area contributed by atoms with Gasteiger partial charge in [-0.05, 0) is 32.1 Å². The second kappa shape index (κ2) is 6.72. The predicted molar refractivity (Wildman–Crippen MR) is 92.4 cm³/mol. The van der Waals surface area contributed by atoms with Gasteiger partial charge in [0.05, 0.1) is 29.9 Å². The van der Waals surface area contributed by atoms with Gasteiger partial charge in [-0.25, -0.2) is 9.59 Å². The molecule has 0 fully saturated rings. The van der Waals surface area contributed by atoms with Crippen LogP contribution in [0.5, 0.6) is 0 Å². The molecule has 2 aliphatic rings. The first-order valence-electron chi connectivity index (χ1n) is 8.12. The Morgan fingerprint density at radius 1 is 1.32 bits per heavy atom. The fourth-order valence-corrected chi connectivity index (χ4v) is 3.36. The third kappa shape index (κ3) is 3.17. The molecule has 0 saturated carbocycles. The lowest BCUT2D eigenvalue weighted by atomic mass is 9.80. The van der Waals surface area contributed by atoms with Crippen LogP contribution in [-0.2, 0) is 25.6 Å². The minimum atomic E-state index is -0.480. The molecule has 0 saturated heterocycles. The fourth-order valence-electron chi connectivity index (χ4n) is 3.36. The van der Waals surface area contributed by atoms with Crippen LogP contribution in [0.1, 0.15) is 24.0 Å². The number of nitrogens with one attached hydrogen (secondary N) is 1. The molecule has 1 N–H and O–H groups in total. The van der Waals surface area contributed by atoms with Crippen LogP contribution in [0.2, 0.25) is 0 Å². The molecule has 25 heavy (non-hydrogen) atoms. The summed E-state index contributed by atoms with van der Waals surface area (Å²) < 4.78 is 10.1. The van der Waals surface area contributed by atoms with E-state index in [-0.39, 0.29) is 6.61 Å². The van der Waals surface area contributed by atoms with Crippen LogP contribution >= 0.6 is 0 Å². The van der Waals surface area contributed by atoms with Crippen molar-refractivity contribution in [3.63, 3.8) is 0 Å². The van der Waals surface area contributed by atoms with E-state index in [1.165, 1.54) is 7.11 Å². The zero-order valence-electron chi connectivity index (χ0n) is 14.9. The van der Waals surface area contributed by atoms with E-state index < -0.39 is 17.9 Å². The van der Waals surface area contributed by atoms with Crippen LogP contribution < -0.4 is 5.32 Å². The standard InChI is InChI=1S/C19H22N2O4/c1-11-15(18(22)24-4)16(17-14(20-11)10-25-19(17)23)13-7-5-12(6-8-13)9-21(2)3/h5-8,16,20H,9-10H2,1-4H3. The quantitative estimate of drug-likeness (QED) is 0.840. The molecule has 0 spiro atoms. The van der Waals surface area contributed by atoms with E-state index in [0.717, 1.165) is 23.4 Å². The van der Waals surface area contributed by atoms with E-state index in [9.17, 15) is 9.59 Å². The summed E-state index contributed by atoms with van der Waals surface area (Å²) in [5.41, 5.74) is 4.37. The smallest absolute Gasteiger partial charge is 0.337 e. The highest BCUT2D eigenvalue weighted by atomic mass is 16.5. The molecule has 3 rings (SSSR count). The zero-order valence-corrected chi connectivity index (χ0v) is 14.9. The molecular weight excluding hydrogens is 320 g/mol. The molecule has 6 heteroatoms. The summed E-state index contributed by atoms with van der Waals surface area (Å²) >= 11 is 0. The normalized spacial score (nSPS) is 19.7. The van der Waals surface area contributed by atoms with Crippen molar-refractivity contribution >= 4 is 11.9 Å². The van der Waals surface area contributed by atoms with Gasteiger partial charge in [-0.1, -0.05) is 24.3 Å². The summed E-state index contributed by atoms with van der Waals surface area (Å²) in [4.78, 5) is 26.7. The molecule has 0 bridgehead atoms. The summed E-state index contributed by atoms with van der Waals surface area (Å²) in [7, 11) is 5.36. The lowest BCUT2D eigenvalue weighted by Crippen LogP contribution is -2.30. The molecule has 132 valence electrons. The Hall–Kier alpha value is -2.60. The van der Waals surface area contributed by atoms with Crippen molar-refractivity contribution < 1.29 is 19.1 Å². The largest absolute Gasteiger partial charge is 0.466 e. The summed E-state index contributed by atoms with van der Waals surface area (Å²) in [6, 6.07) is 7.95. The number of nitrogens with zero attached hydrogens (tertiary/aromatic N) is 1. The third-order valence-corrected chi connectivity index (χ3v) is 4.43. The maximum absolute atomic E-state index is 12.4. The average Bonchev–Trinajstić information content (AvgIpc) is 2.94. The molecule has 2 heterocycles. The van der Waals surface area contributed by atoms with E-state index >= 15 is 0 Å². The Morgan fingerprint density at radius 3 is 2.60 bits per heavy atom. The highest BCUT2D eigenvalue weighted by molar-refractivity contribution is 6.01. The highest BCUT2D eigenvalue weighted by Gasteiger charge is 2.41. The predicted octanol–water partition coefficient (Wildman–Crippen LogP) is 1.69. The van der Waals surface area contributed by atoms with Crippen molar-refractivity contribution in [1.82, 2.24) is 10.2 Å². The Morgan fingerprint density at radius 2 is 2.00 bits per heavy atom. The van der Waals surface area contributed by atoms with Gasteiger partial charge < -0.3 is 19.7 Å². The summed E-state index contributed by atoms with van der Waals surface area (Å²) in [5.74, 6) is -1.32. The molecule has 1 aromatic rings. The van der Waals surface area contributed by atoms with Gasteiger partial charge in [0.25, 0.3) is 0 Å². The zero-order chi connectivity index (χ0) is 18.1. The fraction of sp³-hybridized carbons (Fsp3) is 0.368. The molecule has 1 atom stereocenters. The second-order valence-electron chi connectivity index (χ2n) is 6.54. The van der Waals surface area contributed by atoms with Crippen molar-refractivity contribution in [3.8, 4) is 0 Å². The number of benzene rings is 1. The molecule has 2 aliphatic heterocycles. The van der Waals surface area contributed by atoms with Gasteiger partial charge in [-0.15, -0.1) is 0 Å². The summed E-state index contributed by atoms with van der Waals surface area (Å²) in [5, 5.41) is 3.12. The molecule has 1 unspecified atom stereocenters. The van der Waals surface area contributed by atoms with Crippen LogP contribution in [0.4, 0.5) is 0 Å². The van der Waals surface area contributed by atoms with Crippen molar-refractivity contribution in [2.24, 2.45) is 0 Å². The second-order valence-corrected chi connectivity index (χ2v) is 6.54. The number of cyclic esters (lactones) is 1. The van der Waals surface area contributed by atoms with Gasteiger partial charge in [0.2, 0.25) is 0 Å². The van der Waals surface area contributed by atoms with Crippen molar-refractivity contribution in [1.29, 1.82) is 0 Å². The number of carbonyl (C=O) groups is 2.